The van der Waals surface area contributed by atoms with Crippen LogP contribution in [0.4, 0.5) is 0 Å². The number of aliphatic hydroxyl groups is 3. The van der Waals surface area contributed by atoms with E-state index in [9.17, 15) is 24.9 Å². The molecule has 3 saturated carbocycles. The highest BCUT2D eigenvalue weighted by Crippen LogP contribution is 2.67. The lowest BCUT2D eigenvalue weighted by Gasteiger charge is -2.59. The molecule has 0 radical (unpaired) electrons. The Morgan fingerprint density at radius 1 is 1.37 bits per heavy atom. The molecule has 0 saturated heterocycles. The number of hydrogen-bond acceptors (Lipinski definition) is 5. The summed E-state index contributed by atoms with van der Waals surface area (Å²) in [5.74, 6) is -0.597. The maximum Gasteiger partial charge on any atom is 0.194 e. The predicted molar refractivity (Wildman–Crippen MR) is 99.6 cm³/mol. The molecule has 5 nitrogen and oxygen atoms in total. The Kier molecular flexibility index (Phi) is 3.98. The Morgan fingerprint density at radius 3 is 2.74 bits per heavy atom. The zero-order valence-electron chi connectivity index (χ0n) is 15.9. The molecule has 0 spiro atoms. The normalized spacial score (nSPS) is 48.6. The first-order valence-corrected chi connectivity index (χ1v) is 9.76. The Morgan fingerprint density at radius 2 is 2.07 bits per heavy atom. The van der Waals surface area contributed by atoms with Gasteiger partial charge in [0.15, 0.2) is 17.2 Å². The van der Waals surface area contributed by atoms with E-state index < -0.39 is 29.5 Å². The molecule has 0 amide bonds. The molecule has 27 heavy (non-hydrogen) atoms. The molecule has 0 aromatic carbocycles. The van der Waals surface area contributed by atoms with Crippen molar-refractivity contribution in [1.29, 1.82) is 0 Å². The van der Waals surface area contributed by atoms with E-state index in [4.69, 9.17) is 0 Å². The number of carbonyl (C=O) groups excluding carboxylic acids is 2. The summed E-state index contributed by atoms with van der Waals surface area (Å²) < 4.78 is 0. The summed E-state index contributed by atoms with van der Waals surface area (Å²) in [5, 5.41) is 32.0. The molecule has 4 aliphatic rings. The molecule has 1 unspecified atom stereocenters. The zero-order valence-corrected chi connectivity index (χ0v) is 15.9. The molecule has 4 aliphatic carbocycles. The molecule has 0 aromatic rings. The van der Waals surface area contributed by atoms with Gasteiger partial charge in [-0.3, -0.25) is 9.59 Å². The van der Waals surface area contributed by atoms with Gasteiger partial charge in [-0.15, -0.1) is 0 Å². The van der Waals surface area contributed by atoms with Gasteiger partial charge in [0.2, 0.25) is 0 Å². The van der Waals surface area contributed by atoms with Gasteiger partial charge in [0, 0.05) is 16.7 Å². The Bertz CT molecular complexity index is 795. The quantitative estimate of drug-likeness (QED) is 0.642. The van der Waals surface area contributed by atoms with Crippen LogP contribution in [0, 0.1) is 28.6 Å². The summed E-state index contributed by atoms with van der Waals surface area (Å²) in [7, 11) is 0. The summed E-state index contributed by atoms with van der Waals surface area (Å²) >= 11 is 0. The van der Waals surface area contributed by atoms with Crippen LogP contribution in [0.15, 0.2) is 36.0 Å². The lowest BCUT2D eigenvalue weighted by molar-refractivity contribution is -0.173. The average Bonchev–Trinajstić information content (AvgIpc) is 2.82. The minimum atomic E-state index is -1.80. The number of carbonyl (C=O) groups is 2. The third-order valence-electron chi connectivity index (χ3n) is 8.24. The van der Waals surface area contributed by atoms with Gasteiger partial charge in [-0.25, -0.2) is 0 Å². The second-order valence-corrected chi connectivity index (χ2v) is 9.31. The van der Waals surface area contributed by atoms with E-state index in [2.05, 4.69) is 13.5 Å². The number of aliphatic hydroxyl groups excluding tert-OH is 2. The lowest BCUT2D eigenvalue weighted by Crippen LogP contribution is -2.62. The topological polar surface area (TPSA) is 94.8 Å². The molecule has 3 fully saturated rings. The van der Waals surface area contributed by atoms with Gasteiger partial charge in [0.25, 0.3) is 0 Å². The summed E-state index contributed by atoms with van der Waals surface area (Å²) in [4.78, 5) is 24.3. The molecule has 5 heteroatoms. The van der Waals surface area contributed by atoms with E-state index in [-0.39, 0.29) is 35.4 Å². The SMILES string of the molecule is C=C1C[C@H]2[C@@H]3CCC4=CC(=O)C=C[C@]4(C)[C@H]3C(O)C[C@]2(C)[C@@]1(O)C(=O)CO. The number of ketones is 2. The molecule has 4 rings (SSSR count). The summed E-state index contributed by atoms with van der Waals surface area (Å²) in [5.41, 5.74) is -1.52. The van der Waals surface area contributed by atoms with Crippen LogP contribution in [-0.4, -0.2) is 45.2 Å². The maximum absolute atomic E-state index is 12.5. The summed E-state index contributed by atoms with van der Waals surface area (Å²) in [6.07, 6.45) is 6.87. The van der Waals surface area contributed by atoms with Gasteiger partial charge in [0.05, 0.1) is 6.10 Å². The van der Waals surface area contributed by atoms with Crippen LogP contribution in [0.2, 0.25) is 0 Å². The van der Waals surface area contributed by atoms with E-state index in [0.717, 1.165) is 18.4 Å². The van der Waals surface area contributed by atoms with Crippen LogP contribution in [0.25, 0.3) is 0 Å². The smallest absolute Gasteiger partial charge is 0.194 e. The monoisotopic (exact) mass is 372 g/mol. The third-order valence-corrected chi connectivity index (χ3v) is 8.24. The Labute approximate surface area is 159 Å². The van der Waals surface area contributed by atoms with E-state index in [1.54, 1.807) is 12.2 Å². The van der Waals surface area contributed by atoms with Crippen molar-refractivity contribution in [2.75, 3.05) is 6.61 Å². The highest BCUT2D eigenvalue weighted by molar-refractivity contribution is 6.01. The molecule has 7 atom stereocenters. The van der Waals surface area contributed by atoms with Gasteiger partial charge in [-0.1, -0.05) is 32.1 Å². The highest BCUT2D eigenvalue weighted by atomic mass is 16.3. The minimum Gasteiger partial charge on any atom is -0.393 e. The van der Waals surface area contributed by atoms with Gasteiger partial charge in [-0.2, -0.15) is 0 Å². The van der Waals surface area contributed by atoms with Gasteiger partial charge >= 0.3 is 0 Å². The first kappa shape index (κ1) is 18.8. The van der Waals surface area contributed by atoms with Gasteiger partial charge in [-0.05, 0) is 55.2 Å². The van der Waals surface area contributed by atoms with Crippen molar-refractivity contribution in [3.8, 4) is 0 Å². The number of fused-ring (bicyclic) bond motifs is 5. The third kappa shape index (κ3) is 2.16. The maximum atomic E-state index is 12.5. The van der Waals surface area contributed by atoms with Crippen LogP contribution in [-0.2, 0) is 9.59 Å². The molecular weight excluding hydrogens is 344 g/mol. The molecule has 3 N–H and O–H groups in total. The van der Waals surface area contributed by atoms with Crippen molar-refractivity contribution in [3.05, 3.63) is 36.0 Å². The number of Topliss-reactive ketones (excluding diaryl/α,β-unsaturated/α-hetero) is 1. The standard InChI is InChI=1S/C22H28O5/c1-12-8-16-15-5-4-13-9-14(24)6-7-20(13,2)19(15)17(25)10-21(16,3)22(12,27)18(26)11-23/h6-7,9,15-17,19,23,25,27H,1,4-5,8,10-11H2,2-3H3/t15-,16-,17?,19+,20-,21-,22-/m0/s1. The first-order chi connectivity index (χ1) is 12.6. The van der Waals surface area contributed by atoms with E-state index >= 15 is 0 Å². The van der Waals surface area contributed by atoms with Gasteiger partial charge in [0.1, 0.15) is 6.61 Å². The molecule has 0 aliphatic heterocycles. The molecule has 0 aromatic heterocycles. The van der Waals surface area contributed by atoms with Crippen LogP contribution in [0.1, 0.15) is 39.5 Å². The fraction of sp³-hybridized carbons (Fsp3) is 0.636. The van der Waals surface area contributed by atoms with Crippen LogP contribution in [0.5, 0.6) is 0 Å². The molecule has 146 valence electrons. The lowest BCUT2D eigenvalue weighted by atomic mass is 9.46. The van der Waals surface area contributed by atoms with Crippen molar-refractivity contribution in [3.63, 3.8) is 0 Å². The van der Waals surface area contributed by atoms with E-state index in [1.807, 2.05) is 13.0 Å². The van der Waals surface area contributed by atoms with E-state index in [1.165, 1.54) is 0 Å². The van der Waals surface area contributed by atoms with Crippen molar-refractivity contribution in [2.45, 2.75) is 51.2 Å². The minimum absolute atomic E-state index is 0.00306. The molecule has 0 bridgehead atoms. The fourth-order valence-corrected chi connectivity index (χ4v) is 6.91. The fourth-order valence-electron chi connectivity index (χ4n) is 6.91. The second-order valence-electron chi connectivity index (χ2n) is 9.31. The Balaban J connectivity index is 1.79. The highest BCUT2D eigenvalue weighted by Gasteiger charge is 2.69. The first-order valence-electron chi connectivity index (χ1n) is 9.76. The largest absolute Gasteiger partial charge is 0.393 e. The van der Waals surface area contributed by atoms with E-state index in [0.29, 0.717) is 12.0 Å². The average molecular weight is 372 g/mol. The van der Waals surface area contributed by atoms with Crippen molar-refractivity contribution >= 4 is 11.6 Å². The predicted octanol–water partition coefficient (Wildman–Crippen LogP) is 1.72. The number of rotatable bonds is 2. The summed E-state index contributed by atoms with van der Waals surface area (Å²) in [6.45, 7) is 7.19. The Hall–Kier alpha value is -1.56. The van der Waals surface area contributed by atoms with Crippen molar-refractivity contribution in [1.82, 2.24) is 0 Å². The molecule has 0 heterocycles. The number of allylic oxidation sites excluding steroid dienone is 4. The van der Waals surface area contributed by atoms with Crippen LogP contribution in [0.3, 0.4) is 0 Å². The molecular formula is C22H28O5. The van der Waals surface area contributed by atoms with Crippen molar-refractivity contribution < 1.29 is 24.9 Å². The number of hydrogen-bond donors (Lipinski definition) is 3. The second kappa shape index (κ2) is 5.72. The van der Waals surface area contributed by atoms with Crippen molar-refractivity contribution in [2.24, 2.45) is 28.6 Å². The van der Waals surface area contributed by atoms with Gasteiger partial charge < -0.3 is 15.3 Å². The summed E-state index contributed by atoms with van der Waals surface area (Å²) in [6, 6.07) is 0. The zero-order chi connectivity index (χ0) is 19.8. The van der Waals surface area contributed by atoms with Crippen LogP contribution < -0.4 is 0 Å². The van der Waals surface area contributed by atoms with Crippen LogP contribution >= 0.6 is 0 Å².